The molecule has 1 aromatic carbocycles. The second kappa shape index (κ2) is 8.95. The van der Waals surface area contributed by atoms with E-state index >= 15 is 0 Å². The Kier molecular flexibility index (Phi) is 6.84. The van der Waals surface area contributed by atoms with Gasteiger partial charge in [0.1, 0.15) is 0 Å². The molecule has 1 aromatic heterocycles. The zero-order valence-corrected chi connectivity index (χ0v) is 17.0. The van der Waals surface area contributed by atoms with E-state index in [9.17, 15) is 13.2 Å². The van der Waals surface area contributed by atoms with Crippen molar-refractivity contribution in [2.24, 2.45) is 5.92 Å². The summed E-state index contributed by atoms with van der Waals surface area (Å²) in [5, 5.41) is 0. The first kappa shape index (κ1) is 20.6. The molecule has 0 aliphatic carbocycles. The minimum Gasteiger partial charge on any atom is -0.337 e. The van der Waals surface area contributed by atoms with Crippen LogP contribution in [-0.4, -0.2) is 25.1 Å². The van der Waals surface area contributed by atoms with Crippen LogP contribution in [0.3, 0.4) is 0 Å². The van der Waals surface area contributed by atoms with Crippen LogP contribution in [0, 0.1) is 5.92 Å². The molecule has 7 heteroatoms. The second-order valence-corrected chi connectivity index (χ2v) is 10.1. The number of aryl methyl sites for hydroxylation is 2. The molecule has 1 fully saturated rings. The van der Waals surface area contributed by atoms with Gasteiger partial charge in [-0.05, 0) is 54.4 Å². The van der Waals surface area contributed by atoms with E-state index in [1.165, 1.54) is 30.1 Å². The highest BCUT2D eigenvalue weighted by Gasteiger charge is 2.36. The van der Waals surface area contributed by atoms with Gasteiger partial charge in [-0.25, -0.2) is 4.98 Å². The van der Waals surface area contributed by atoms with E-state index in [2.05, 4.69) is 16.5 Å². The lowest BCUT2D eigenvalue weighted by molar-refractivity contribution is -0.137. The molecule has 0 bridgehead atoms. The Morgan fingerprint density at radius 2 is 1.85 bits per heavy atom. The molecule has 1 aliphatic heterocycles. The fourth-order valence-electron chi connectivity index (χ4n) is 3.19. The predicted octanol–water partition coefficient (Wildman–Crippen LogP) is 6.13. The van der Waals surface area contributed by atoms with Gasteiger partial charge < -0.3 is 4.57 Å². The van der Waals surface area contributed by atoms with Gasteiger partial charge in [0.15, 0.2) is 0 Å². The smallest absolute Gasteiger partial charge is 0.337 e. The molecule has 1 saturated heterocycles. The maximum Gasteiger partial charge on any atom is 0.416 e. The van der Waals surface area contributed by atoms with Gasteiger partial charge in [0.05, 0.1) is 16.0 Å². The zero-order valence-electron chi connectivity index (χ0n) is 15.4. The van der Waals surface area contributed by atoms with E-state index in [0.717, 1.165) is 37.3 Å². The van der Waals surface area contributed by atoms with Crippen LogP contribution < -0.4 is 0 Å². The number of hydrogen-bond acceptors (Lipinski definition) is 3. The van der Waals surface area contributed by atoms with Gasteiger partial charge in [0.2, 0.25) is 0 Å². The maximum absolute atomic E-state index is 12.7. The molecule has 2 aromatic rings. The lowest BCUT2D eigenvalue weighted by atomic mass is 10.0. The minimum absolute atomic E-state index is 0.124. The number of thioether (sulfide) groups is 2. The maximum atomic E-state index is 12.7. The number of alkyl halides is 3. The fourth-order valence-corrected chi connectivity index (χ4v) is 6.83. The van der Waals surface area contributed by atoms with Crippen LogP contribution in [0.1, 0.15) is 37.3 Å². The van der Waals surface area contributed by atoms with E-state index in [1.807, 2.05) is 36.0 Å². The number of benzene rings is 1. The van der Waals surface area contributed by atoms with Crippen molar-refractivity contribution >= 4 is 23.5 Å². The molecular formula is C20H25F3N2S2. The zero-order chi connectivity index (χ0) is 19.3. The largest absolute Gasteiger partial charge is 0.416 e. The molecule has 27 heavy (non-hydrogen) atoms. The summed E-state index contributed by atoms with van der Waals surface area (Å²) in [6.45, 7) is 3.16. The van der Waals surface area contributed by atoms with Gasteiger partial charge in [-0.15, -0.1) is 23.5 Å². The Morgan fingerprint density at radius 1 is 1.15 bits per heavy atom. The SMILES string of the molecule is CCC1CSC(CCc2ccc(C(F)(F)F)cc2)(CCn2ccnc2)SC1. The quantitative estimate of drug-likeness (QED) is 0.543. The van der Waals surface area contributed by atoms with E-state index in [-0.39, 0.29) is 4.08 Å². The van der Waals surface area contributed by atoms with Crippen molar-refractivity contribution in [3.8, 4) is 0 Å². The van der Waals surface area contributed by atoms with Gasteiger partial charge in [-0.1, -0.05) is 25.5 Å². The van der Waals surface area contributed by atoms with E-state index in [0.29, 0.717) is 0 Å². The van der Waals surface area contributed by atoms with Gasteiger partial charge in [-0.2, -0.15) is 13.2 Å². The number of hydrogen-bond donors (Lipinski definition) is 0. The summed E-state index contributed by atoms with van der Waals surface area (Å²) in [5.41, 5.74) is 0.400. The van der Waals surface area contributed by atoms with Crippen molar-refractivity contribution in [3.63, 3.8) is 0 Å². The summed E-state index contributed by atoms with van der Waals surface area (Å²) in [7, 11) is 0. The number of aromatic nitrogens is 2. The molecule has 3 rings (SSSR count). The van der Waals surface area contributed by atoms with Crippen molar-refractivity contribution < 1.29 is 13.2 Å². The van der Waals surface area contributed by atoms with Crippen molar-refractivity contribution in [1.82, 2.24) is 9.55 Å². The number of imidazole rings is 1. The third-order valence-electron chi connectivity index (χ3n) is 5.13. The summed E-state index contributed by atoms with van der Waals surface area (Å²) in [5.74, 6) is 3.09. The molecule has 0 N–H and O–H groups in total. The minimum atomic E-state index is -4.27. The number of rotatable bonds is 7. The van der Waals surface area contributed by atoms with Gasteiger partial charge in [0.25, 0.3) is 0 Å². The van der Waals surface area contributed by atoms with Crippen LogP contribution in [0.15, 0.2) is 43.0 Å². The van der Waals surface area contributed by atoms with E-state index in [1.54, 1.807) is 18.3 Å². The van der Waals surface area contributed by atoms with Gasteiger partial charge in [0, 0.05) is 18.9 Å². The van der Waals surface area contributed by atoms with Crippen molar-refractivity contribution in [2.75, 3.05) is 11.5 Å². The third kappa shape index (κ3) is 5.70. The molecule has 148 valence electrons. The molecule has 1 aliphatic rings. The van der Waals surface area contributed by atoms with Crippen LogP contribution in [-0.2, 0) is 19.1 Å². The number of nitrogens with zero attached hydrogens (tertiary/aromatic N) is 2. The molecule has 2 heterocycles. The Hall–Kier alpha value is -1.08. The molecule has 0 unspecified atom stereocenters. The van der Waals surface area contributed by atoms with E-state index in [4.69, 9.17) is 0 Å². The topological polar surface area (TPSA) is 17.8 Å². The highest BCUT2D eigenvalue weighted by atomic mass is 32.2. The summed E-state index contributed by atoms with van der Waals surface area (Å²) in [6, 6.07) is 5.64. The molecule has 0 spiro atoms. The lowest BCUT2D eigenvalue weighted by Crippen LogP contribution is -2.31. The van der Waals surface area contributed by atoms with E-state index < -0.39 is 11.7 Å². The van der Waals surface area contributed by atoms with Gasteiger partial charge >= 0.3 is 6.18 Å². The summed E-state index contributed by atoms with van der Waals surface area (Å²) >= 11 is 4.08. The Balaban J connectivity index is 1.64. The Labute approximate surface area is 167 Å². The van der Waals surface area contributed by atoms with Crippen LogP contribution in [0.4, 0.5) is 13.2 Å². The number of halogens is 3. The first-order valence-corrected chi connectivity index (χ1v) is 11.3. The third-order valence-corrected chi connectivity index (χ3v) is 8.98. The van der Waals surface area contributed by atoms with Crippen molar-refractivity contribution in [3.05, 3.63) is 54.1 Å². The van der Waals surface area contributed by atoms with Crippen LogP contribution in [0.25, 0.3) is 0 Å². The highest BCUT2D eigenvalue weighted by Crippen LogP contribution is 2.50. The van der Waals surface area contributed by atoms with Crippen LogP contribution >= 0.6 is 23.5 Å². The second-order valence-electron chi connectivity index (χ2n) is 7.05. The standard InChI is InChI=1S/C20H25F3N2S2/c1-2-16-13-26-19(27-14-16,9-11-25-12-10-24-15-25)8-7-17-3-5-18(6-4-17)20(21,22)23/h3-6,10,12,15-16H,2,7-9,11,13-14H2,1H3. The van der Waals surface area contributed by atoms with Gasteiger partial charge in [-0.3, -0.25) is 0 Å². The van der Waals surface area contributed by atoms with Crippen LogP contribution in [0.2, 0.25) is 0 Å². The first-order valence-electron chi connectivity index (χ1n) is 9.30. The monoisotopic (exact) mass is 414 g/mol. The molecule has 0 saturated carbocycles. The molecule has 0 atom stereocenters. The predicted molar refractivity (Wildman–Crippen MR) is 108 cm³/mol. The summed E-state index contributed by atoms with van der Waals surface area (Å²) in [4.78, 5) is 4.11. The average molecular weight is 415 g/mol. The molecule has 0 radical (unpaired) electrons. The highest BCUT2D eigenvalue weighted by molar-refractivity contribution is 8.18. The molecule has 0 amide bonds. The lowest BCUT2D eigenvalue weighted by Gasteiger charge is -2.39. The Morgan fingerprint density at radius 3 is 2.41 bits per heavy atom. The van der Waals surface area contributed by atoms with Crippen molar-refractivity contribution in [1.29, 1.82) is 0 Å². The molecule has 2 nitrogen and oxygen atoms in total. The summed E-state index contributed by atoms with van der Waals surface area (Å²) < 4.78 is 40.5. The Bertz CT molecular complexity index is 691. The van der Waals surface area contributed by atoms with Crippen molar-refractivity contribution in [2.45, 2.75) is 49.4 Å². The summed E-state index contributed by atoms with van der Waals surface area (Å²) in [6.07, 6.45) is 5.37. The molecular weight excluding hydrogens is 389 g/mol. The average Bonchev–Trinajstić information content (AvgIpc) is 3.19. The first-order chi connectivity index (χ1) is 12.9. The van der Waals surface area contributed by atoms with Crippen LogP contribution in [0.5, 0.6) is 0 Å². The normalized spacial score (nSPS) is 23.5. The fraction of sp³-hybridized carbons (Fsp3) is 0.550.